The summed E-state index contributed by atoms with van der Waals surface area (Å²) in [7, 11) is 0. The molecular weight excluding hydrogens is 308 g/mol. The van der Waals surface area contributed by atoms with Gasteiger partial charge in [0.25, 0.3) is 0 Å². The number of carbonyl (C=O) groups excluding carboxylic acids is 1. The molecule has 1 aliphatic rings. The van der Waals surface area contributed by atoms with Gasteiger partial charge in [-0.1, -0.05) is 37.3 Å². The second-order valence-corrected chi connectivity index (χ2v) is 6.09. The maximum absolute atomic E-state index is 12.8. The Bertz CT molecular complexity index is 780. The lowest BCUT2D eigenvalue weighted by molar-refractivity contribution is -0.119. The Morgan fingerprint density at radius 1 is 1.25 bits per heavy atom. The zero-order chi connectivity index (χ0) is 17.3. The quantitative estimate of drug-likeness (QED) is 0.908. The molecule has 0 spiro atoms. The smallest absolute Gasteiger partial charge is 0.358 e. The fraction of sp³-hybridized carbons (Fsp3) is 0.412. The van der Waals surface area contributed by atoms with Crippen molar-refractivity contribution in [2.24, 2.45) is 0 Å². The highest BCUT2D eigenvalue weighted by Crippen LogP contribution is 2.44. The van der Waals surface area contributed by atoms with Crippen molar-refractivity contribution >= 4 is 17.6 Å². The van der Waals surface area contributed by atoms with Gasteiger partial charge in [-0.3, -0.25) is 4.79 Å². The number of carboxylic acids is 1. The van der Waals surface area contributed by atoms with E-state index in [0.29, 0.717) is 6.54 Å². The molecule has 1 aromatic carbocycles. The molecule has 7 heteroatoms. The second kappa shape index (κ2) is 6.07. The van der Waals surface area contributed by atoms with E-state index in [-0.39, 0.29) is 23.6 Å². The number of fused-ring (bicyclic) bond motifs is 1. The SMILES string of the molecule is CCC1(CC)CN(C(=O)Cn2cc(C(=O)O)nn2)c2ccccc21. The molecular formula is C17H20N4O3. The van der Waals surface area contributed by atoms with Crippen molar-refractivity contribution in [2.75, 3.05) is 11.4 Å². The molecule has 0 saturated heterocycles. The Morgan fingerprint density at radius 2 is 1.96 bits per heavy atom. The van der Waals surface area contributed by atoms with Crippen LogP contribution in [0.15, 0.2) is 30.5 Å². The van der Waals surface area contributed by atoms with Gasteiger partial charge in [0.1, 0.15) is 6.54 Å². The first-order valence-electron chi connectivity index (χ1n) is 8.04. The predicted molar refractivity (Wildman–Crippen MR) is 88.0 cm³/mol. The van der Waals surface area contributed by atoms with E-state index in [2.05, 4.69) is 30.2 Å². The minimum Gasteiger partial charge on any atom is -0.476 e. The maximum Gasteiger partial charge on any atom is 0.358 e. The summed E-state index contributed by atoms with van der Waals surface area (Å²) in [5, 5.41) is 16.2. The lowest BCUT2D eigenvalue weighted by Gasteiger charge is -2.27. The van der Waals surface area contributed by atoms with Gasteiger partial charge in [-0.05, 0) is 24.5 Å². The third-order valence-electron chi connectivity index (χ3n) is 4.94. The van der Waals surface area contributed by atoms with E-state index >= 15 is 0 Å². The average molecular weight is 328 g/mol. The summed E-state index contributed by atoms with van der Waals surface area (Å²) in [5.41, 5.74) is 1.94. The van der Waals surface area contributed by atoms with Crippen LogP contribution in [0.2, 0.25) is 0 Å². The Kier molecular flexibility index (Phi) is 4.09. The number of aromatic nitrogens is 3. The normalized spacial score (nSPS) is 15.3. The van der Waals surface area contributed by atoms with Crippen LogP contribution in [0.25, 0.3) is 0 Å². The number of anilines is 1. The largest absolute Gasteiger partial charge is 0.476 e. The second-order valence-electron chi connectivity index (χ2n) is 6.09. The van der Waals surface area contributed by atoms with Gasteiger partial charge in [0, 0.05) is 17.6 Å². The standard InChI is InChI=1S/C17H20N4O3/c1-3-17(4-2)11-21(14-8-6-5-7-12(14)17)15(22)10-20-9-13(16(23)24)18-19-20/h5-9H,3-4,10-11H2,1-2H3,(H,23,24). The molecule has 2 aromatic rings. The highest BCUT2D eigenvalue weighted by atomic mass is 16.4. The first-order chi connectivity index (χ1) is 11.5. The minimum atomic E-state index is -1.16. The van der Waals surface area contributed by atoms with Crippen LogP contribution in [0, 0.1) is 0 Å². The molecule has 7 nitrogen and oxygen atoms in total. The maximum atomic E-state index is 12.8. The Labute approximate surface area is 139 Å². The number of carboxylic acid groups (broad SMARTS) is 1. The third-order valence-corrected chi connectivity index (χ3v) is 4.94. The molecule has 0 fully saturated rings. The molecule has 1 aliphatic heterocycles. The molecule has 1 N–H and O–H groups in total. The minimum absolute atomic E-state index is 0.0269. The van der Waals surface area contributed by atoms with Gasteiger partial charge in [-0.2, -0.15) is 0 Å². The number of para-hydroxylation sites is 1. The Hall–Kier alpha value is -2.70. The molecule has 0 atom stereocenters. The number of carbonyl (C=O) groups is 2. The number of hydrogen-bond acceptors (Lipinski definition) is 4. The lowest BCUT2D eigenvalue weighted by atomic mass is 9.78. The van der Waals surface area contributed by atoms with Gasteiger partial charge in [0.05, 0.1) is 6.20 Å². The summed E-state index contributed by atoms with van der Waals surface area (Å²) in [6, 6.07) is 7.99. The van der Waals surface area contributed by atoms with Crippen LogP contribution >= 0.6 is 0 Å². The van der Waals surface area contributed by atoms with Crippen molar-refractivity contribution in [3.8, 4) is 0 Å². The summed E-state index contributed by atoms with van der Waals surface area (Å²) < 4.78 is 1.27. The van der Waals surface area contributed by atoms with Crippen molar-refractivity contribution in [1.29, 1.82) is 0 Å². The molecule has 0 bridgehead atoms. The number of benzene rings is 1. The van der Waals surface area contributed by atoms with E-state index in [4.69, 9.17) is 5.11 Å². The lowest BCUT2D eigenvalue weighted by Crippen LogP contribution is -2.38. The Morgan fingerprint density at radius 3 is 2.58 bits per heavy atom. The van der Waals surface area contributed by atoms with Crippen molar-refractivity contribution in [3.05, 3.63) is 41.7 Å². The summed E-state index contributed by atoms with van der Waals surface area (Å²) in [4.78, 5) is 25.4. The summed E-state index contributed by atoms with van der Waals surface area (Å²) >= 11 is 0. The molecule has 2 heterocycles. The third kappa shape index (κ3) is 2.55. The Balaban J connectivity index is 1.86. The van der Waals surface area contributed by atoms with E-state index < -0.39 is 5.97 Å². The van der Waals surface area contributed by atoms with Crippen LogP contribution in [0.1, 0.15) is 42.7 Å². The topological polar surface area (TPSA) is 88.3 Å². The van der Waals surface area contributed by atoms with Crippen LogP contribution in [-0.2, 0) is 16.8 Å². The number of hydrogen-bond donors (Lipinski definition) is 1. The van der Waals surface area contributed by atoms with Crippen molar-refractivity contribution < 1.29 is 14.7 Å². The van der Waals surface area contributed by atoms with E-state index in [1.807, 2.05) is 18.2 Å². The van der Waals surface area contributed by atoms with Crippen LogP contribution < -0.4 is 4.90 Å². The molecule has 0 unspecified atom stereocenters. The number of nitrogens with zero attached hydrogens (tertiary/aromatic N) is 4. The predicted octanol–water partition coefficient (Wildman–Crippen LogP) is 2.08. The number of aromatic carboxylic acids is 1. The van der Waals surface area contributed by atoms with Crippen LogP contribution in [0.3, 0.4) is 0 Å². The fourth-order valence-electron chi connectivity index (χ4n) is 3.41. The summed E-state index contributed by atoms with van der Waals surface area (Å²) in [5.74, 6) is -1.27. The van der Waals surface area contributed by atoms with Crippen molar-refractivity contribution in [2.45, 2.75) is 38.6 Å². The van der Waals surface area contributed by atoms with Gasteiger partial charge >= 0.3 is 5.97 Å². The van der Waals surface area contributed by atoms with E-state index in [1.54, 1.807) is 4.90 Å². The monoisotopic (exact) mass is 328 g/mol. The zero-order valence-electron chi connectivity index (χ0n) is 13.8. The van der Waals surface area contributed by atoms with E-state index in [9.17, 15) is 9.59 Å². The van der Waals surface area contributed by atoms with Gasteiger partial charge in [0.15, 0.2) is 5.69 Å². The van der Waals surface area contributed by atoms with Crippen LogP contribution in [0.5, 0.6) is 0 Å². The summed E-state index contributed by atoms with van der Waals surface area (Å²) in [6.07, 6.45) is 3.18. The molecule has 24 heavy (non-hydrogen) atoms. The van der Waals surface area contributed by atoms with E-state index in [0.717, 1.165) is 18.5 Å². The first-order valence-corrected chi connectivity index (χ1v) is 8.04. The van der Waals surface area contributed by atoms with Crippen molar-refractivity contribution in [3.63, 3.8) is 0 Å². The molecule has 126 valence electrons. The molecule has 1 aromatic heterocycles. The zero-order valence-corrected chi connectivity index (χ0v) is 13.8. The molecule has 0 aliphatic carbocycles. The van der Waals surface area contributed by atoms with Crippen LogP contribution in [-0.4, -0.2) is 38.5 Å². The fourth-order valence-corrected chi connectivity index (χ4v) is 3.41. The number of rotatable bonds is 5. The molecule has 3 rings (SSSR count). The average Bonchev–Trinajstić information content (AvgIpc) is 3.18. The highest BCUT2D eigenvalue weighted by molar-refractivity contribution is 5.96. The van der Waals surface area contributed by atoms with E-state index in [1.165, 1.54) is 16.4 Å². The van der Waals surface area contributed by atoms with Gasteiger partial charge in [-0.15, -0.1) is 5.10 Å². The first kappa shape index (κ1) is 16.2. The summed E-state index contributed by atoms with van der Waals surface area (Å²) in [6.45, 7) is 4.90. The molecule has 0 radical (unpaired) electrons. The van der Waals surface area contributed by atoms with Gasteiger partial charge in [0.2, 0.25) is 5.91 Å². The highest BCUT2D eigenvalue weighted by Gasteiger charge is 2.41. The van der Waals surface area contributed by atoms with Gasteiger partial charge in [-0.25, -0.2) is 9.48 Å². The van der Waals surface area contributed by atoms with Gasteiger partial charge < -0.3 is 10.0 Å². The van der Waals surface area contributed by atoms with Crippen molar-refractivity contribution in [1.82, 2.24) is 15.0 Å². The number of amides is 1. The molecule has 1 amide bonds. The molecule has 0 saturated carbocycles. The van der Waals surface area contributed by atoms with Crippen LogP contribution in [0.4, 0.5) is 5.69 Å².